The normalized spacial score (nSPS) is 10.1. The van der Waals surface area contributed by atoms with Crippen LogP contribution < -0.4 is 32.3 Å². The minimum Gasteiger partial charge on any atom is -1.00 e. The summed E-state index contributed by atoms with van der Waals surface area (Å²) in [6.45, 7) is 5.36. The largest absolute Gasteiger partial charge is 1.00 e. The molecule has 132 valence electrons. The van der Waals surface area contributed by atoms with Crippen molar-refractivity contribution in [1.29, 1.82) is 0 Å². The van der Waals surface area contributed by atoms with Crippen molar-refractivity contribution >= 4 is 5.91 Å². The van der Waals surface area contributed by atoms with E-state index < -0.39 is 0 Å². The fraction of sp³-hybridized carbons (Fsp3) is 0.625. The van der Waals surface area contributed by atoms with Crippen LogP contribution >= 0.6 is 0 Å². The summed E-state index contributed by atoms with van der Waals surface area (Å²) in [4.78, 5) is 16.5. The monoisotopic (exact) mass is 345 g/mol. The zero-order valence-electron chi connectivity index (χ0n) is 14.4. The fourth-order valence-electron chi connectivity index (χ4n) is 1.70. The number of unbranched alkanes of at least 4 members (excludes halogenated alkanes) is 2. The highest BCUT2D eigenvalue weighted by molar-refractivity contribution is 5.93. The molecular formula is C16H28ClN3O3. The Morgan fingerprint density at radius 1 is 1.09 bits per heavy atom. The van der Waals surface area contributed by atoms with Crippen molar-refractivity contribution in [3.63, 3.8) is 0 Å². The Kier molecular flexibility index (Phi) is 11.2. The number of hydrogen-bond donors (Lipinski definition) is 2. The maximum Gasteiger partial charge on any atom is 0.296 e. The molecule has 0 spiro atoms. The number of carbonyl (C=O) groups excluding carboxylic acids is 1. The highest BCUT2D eigenvalue weighted by atomic mass is 35.5. The van der Waals surface area contributed by atoms with E-state index in [1.165, 1.54) is 0 Å². The minimum absolute atomic E-state index is 0. The number of hydrogen-bond acceptors (Lipinski definition) is 4. The van der Waals surface area contributed by atoms with E-state index >= 15 is 0 Å². The molecule has 1 heterocycles. The lowest BCUT2D eigenvalue weighted by Crippen LogP contribution is -3.13. The molecule has 0 atom stereocenters. The quantitative estimate of drug-likeness (QED) is 0.389. The number of halogens is 1. The second kappa shape index (κ2) is 12.0. The van der Waals surface area contributed by atoms with Crippen LogP contribution in [0.25, 0.3) is 0 Å². The molecule has 23 heavy (non-hydrogen) atoms. The molecule has 0 unspecified atom stereocenters. The van der Waals surface area contributed by atoms with Gasteiger partial charge in [0.2, 0.25) is 11.8 Å². The van der Waals surface area contributed by atoms with Crippen LogP contribution in [0.15, 0.2) is 12.1 Å². The van der Waals surface area contributed by atoms with Gasteiger partial charge in [0.25, 0.3) is 5.91 Å². The lowest BCUT2D eigenvalue weighted by Gasteiger charge is -2.12. The first-order valence-corrected chi connectivity index (χ1v) is 7.96. The van der Waals surface area contributed by atoms with Gasteiger partial charge < -0.3 is 21.9 Å². The van der Waals surface area contributed by atoms with Crippen LogP contribution in [0.2, 0.25) is 0 Å². The summed E-state index contributed by atoms with van der Waals surface area (Å²) in [6.07, 6.45) is 3.99. The molecule has 0 bridgehead atoms. The number of aromatic nitrogens is 1. The van der Waals surface area contributed by atoms with Crippen molar-refractivity contribution in [3.05, 3.63) is 17.7 Å². The average Bonchev–Trinajstić information content (AvgIpc) is 2.47. The Bertz CT molecular complexity index is 442. The highest BCUT2D eigenvalue weighted by Gasteiger charge is 2.13. The topological polar surface area (TPSA) is 64.9 Å². The molecule has 0 saturated carbocycles. The van der Waals surface area contributed by atoms with E-state index in [1.807, 2.05) is 14.1 Å². The Morgan fingerprint density at radius 3 is 1.96 bits per heavy atom. The highest BCUT2D eigenvalue weighted by Crippen LogP contribution is 2.18. The van der Waals surface area contributed by atoms with Crippen molar-refractivity contribution in [1.82, 2.24) is 10.4 Å². The first kappa shape index (κ1) is 21.5. The van der Waals surface area contributed by atoms with Gasteiger partial charge in [-0.05, 0) is 12.8 Å². The van der Waals surface area contributed by atoms with Crippen LogP contribution in [-0.2, 0) is 0 Å². The lowest BCUT2D eigenvalue weighted by atomic mass is 10.2. The summed E-state index contributed by atoms with van der Waals surface area (Å²) in [5.74, 6) is 0.686. The lowest BCUT2D eigenvalue weighted by molar-refractivity contribution is -0.895. The molecule has 1 amide bonds. The van der Waals surface area contributed by atoms with Crippen LogP contribution in [-0.4, -0.2) is 38.2 Å². The van der Waals surface area contributed by atoms with E-state index in [2.05, 4.69) is 24.3 Å². The predicted octanol–water partition coefficient (Wildman–Crippen LogP) is -1.77. The molecule has 1 aromatic rings. The molecule has 0 aliphatic rings. The van der Waals surface area contributed by atoms with E-state index in [1.54, 1.807) is 12.1 Å². The summed E-state index contributed by atoms with van der Waals surface area (Å²) in [7, 11) is 3.69. The molecule has 0 aliphatic heterocycles. The molecule has 0 aromatic carbocycles. The average molecular weight is 346 g/mol. The van der Waals surface area contributed by atoms with Crippen molar-refractivity contribution in [2.45, 2.75) is 39.5 Å². The summed E-state index contributed by atoms with van der Waals surface area (Å²) in [6, 6.07) is 3.31. The van der Waals surface area contributed by atoms with Gasteiger partial charge in [-0.3, -0.25) is 4.79 Å². The maximum atomic E-state index is 12.1. The Labute approximate surface area is 144 Å². The van der Waals surface area contributed by atoms with Crippen molar-refractivity contribution in [2.24, 2.45) is 0 Å². The molecule has 0 aliphatic carbocycles. The number of carbonyl (C=O) groups is 1. The second-order valence-corrected chi connectivity index (χ2v) is 5.39. The number of quaternary nitrogens is 1. The summed E-state index contributed by atoms with van der Waals surface area (Å²) < 4.78 is 11.2. The Balaban J connectivity index is 0.00000484. The van der Waals surface area contributed by atoms with E-state index in [4.69, 9.17) is 9.47 Å². The maximum absolute atomic E-state index is 12.1. The van der Waals surface area contributed by atoms with Crippen molar-refractivity contribution < 1.29 is 31.7 Å². The first-order valence-electron chi connectivity index (χ1n) is 7.96. The van der Waals surface area contributed by atoms with Gasteiger partial charge in [-0.2, -0.15) is 10.4 Å². The van der Waals surface area contributed by atoms with Crippen LogP contribution in [0.1, 0.15) is 49.9 Å². The van der Waals surface area contributed by atoms with E-state index in [0.29, 0.717) is 30.5 Å². The van der Waals surface area contributed by atoms with E-state index in [-0.39, 0.29) is 18.3 Å². The predicted molar refractivity (Wildman–Crippen MR) is 85.3 cm³/mol. The van der Waals surface area contributed by atoms with Gasteiger partial charge >= 0.3 is 0 Å². The number of pyridine rings is 1. The zero-order valence-corrected chi connectivity index (χ0v) is 15.2. The summed E-state index contributed by atoms with van der Waals surface area (Å²) in [5.41, 5.74) is 3.28. The third kappa shape index (κ3) is 8.62. The van der Waals surface area contributed by atoms with Crippen LogP contribution in [0.3, 0.4) is 0 Å². The van der Waals surface area contributed by atoms with Gasteiger partial charge in [0.05, 0.1) is 32.9 Å². The summed E-state index contributed by atoms with van der Waals surface area (Å²) >= 11 is 0. The molecule has 1 aromatic heterocycles. The van der Waals surface area contributed by atoms with Crippen LogP contribution in [0.4, 0.5) is 0 Å². The Hall–Kier alpha value is -1.53. The summed E-state index contributed by atoms with van der Waals surface area (Å²) in [5, 5.41) is 0.837. The van der Waals surface area contributed by atoms with E-state index in [0.717, 1.165) is 30.7 Å². The van der Waals surface area contributed by atoms with Crippen molar-refractivity contribution in [3.8, 4) is 11.8 Å². The number of nitrogens with zero attached hydrogens (tertiary/aromatic N) is 1. The molecule has 7 heteroatoms. The molecule has 0 saturated heterocycles. The number of ether oxygens (including phenoxy) is 2. The van der Waals surface area contributed by atoms with Gasteiger partial charge in [0.15, 0.2) is 0 Å². The smallest absolute Gasteiger partial charge is 0.296 e. The first-order chi connectivity index (χ1) is 10.6. The van der Waals surface area contributed by atoms with Gasteiger partial charge in [0, 0.05) is 12.1 Å². The third-order valence-electron chi connectivity index (χ3n) is 2.90. The third-order valence-corrected chi connectivity index (χ3v) is 2.90. The van der Waals surface area contributed by atoms with Gasteiger partial charge in [0.1, 0.15) is 0 Å². The molecule has 2 N–H and O–H groups in total. The van der Waals surface area contributed by atoms with Gasteiger partial charge in [-0.25, -0.2) is 5.01 Å². The molecule has 6 nitrogen and oxygen atoms in total. The Morgan fingerprint density at radius 2 is 1.57 bits per heavy atom. The molecule has 0 radical (unpaired) electrons. The minimum atomic E-state index is -0.178. The second-order valence-electron chi connectivity index (χ2n) is 5.39. The molecule has 1 rings (SSSR count). The van der Waals surface area contributed by atoms with Crippen LogP contribution in [0, 0.1) is 0 Å². The SMILES string of the molecule is CCCCOc1cc(C(=O)N[NH+](C)C)cc(OCCCC)n1.[Cl-]. The standard InChI is InChI=1S/C16H27N3O3.ClH/c1-5-7-9-21-14-11-13(16(20)18-19(3)4)12-15(17-14)22-10-8-6-2;/h11-12H,5-10H2,1-4H3,(H,18,20);1H. The molecule has 0 fully saturated rings. The van der Waals surface area contributed by atoms with Crippen LogP contribution in [0.5, 0.6) is 11.8 Å². The number of amides is 1. The van der Waals surface area contributed by atoms with Gasteiger partial charge in [-0.1, -0.05) is 26.7 Å². The van der Waals surface area contributed by atoms with Gasteiger partial charge in [-0.15, -0.1) is 0 Å². The van der Waals surface area contributed by atoms with Crippen molar-refractivity contribution in [2.75, 3.05) is 27.3 Å². The number of nitrogens with one attached hydrogen (secondary N) is 2. The zero-order chi connectivity index (χ0) is 16.4. The van der Waals surface area contributed by atoms with E-state index in [9.17, 15) is 4.79 Å². The molecular weight excluding hydrogens is 318 g/mol. The number of rotatable bonds is 10. The fourth-order valence-corrected chi connectivity index (χ4v) is 1.70.